The maximum Gasteiger partial charge on any atom is 0.0521 e. The van der Waals surface area contributed by atoms with Gasteiger partial charge in [0, 0.05) is 19.3 Å². The molecule has 1 aromatic carbocycles. The Morgan fingerprint density at radius 2 is 2.00 bits per heavy atom. The van der Waals surface area contributed by atoms with Crippen LogP contribution in [0.15, 0.2) is 42.7 Å². The first-order chi connectivity index (χ1) is 10.3. The molecular weight excluding hydrogens is 258 g/mol. The maximum atomic E-state index is 4.36. The average Bonchev–Trinajstić information content (AvgIpc) is 2.99. The Morgan fingerprint density at radius 3 is 2.67 bits per heavy atom. The molecule has 0 fully saturated rings. The molecule has 1 heterocycles. The SMILES string of the molecule is CCCNCC(CCc1cnn(CC)c1)c1ccccc1. The summed E-state index contributed by atoms with van der Waals surface area (Å²) < 4.78 is 2.00. The highest BCUT2D eigenvalue weighted by atomic mass is 15.3. The molecule has 3 nitrogen and oxygen atoms in total. The Kier molecular flexibility index (Phi) is 6.48. The number of aryl methyl sites for hydroxylation is 2. The molecule has 0 radical (unpaired) electrons. The van der Waals surface area contributed by atoms with E-state index >= 15 is 0 Å². The van der Waals surface area contributed by atoms with E-state index in [0.717, 1.165) is 32.5 Å². The number of aromatic nitrogens is 2. The molecule has 1 unspecified atom stereocenters. The highest BCUT2D eigenvalue weighted by molar-refractivity contribution is 5.20. The van der Waals surface area contributed by atoms with Gasteiger partial charge in [-0.05, 0) is 49.8 Å². The Balaban J connectivity index is 1.95. The van der Waals surface area contributed by atoms with Crippen molar-refractivity contribution in [2.24, 2.45) is 0 Å². The van der Waals surface area contributed by atoms with E-state index in [1.807, 2.05) is 10.9 Å². The monoisotopic (exact) mass is 285 g/mol. The minimum Gasteiger partial charge on any atom is -0.316 e. The first kappa shape index (κ1) is 15.8. The summed E-state index contributed by atoms with van der Waals surface area (Å²) in [6.45, 7) is 7.43. The van der Waals surface area contributed by atoms with Crippen molar-refractivity contribution in [1.29, 1.82) is 0 Å². The van der Waals surface area contributed by atoms with E-state index in [1.165, 1.54) is 17.5 Å². The van der Waals surface area contributed by atoms with Gasteiger partial charge in [-0.25, -0.2) is 0 Å². The molecule has 0 amide bonds. The van der Waals surface area contributed by atoms with Crippen LogP contribution in [0.5, 0.6) is 0 Å². The molecule has 0 saturated heterocycles. The van der Waals surface area contributed by atoms with Gasteiger partial charge in [-0.1, -0.05) is 37.3 Å². The summed E-state index contributed by atoms with van der Waals surface area (Å²) in [5, 5.41) is 7.93. The van der Waals surface area contributed by atoms with Gasteiger partial charge in [-0.15, -0.1) is 0 Å². The number of nitrogens with one attached hydrogen (secondary N) is 1. The lowest BCUT2D eigenvalue weighted by atomic mass is 9.93. The van der Waals surface area contributed by atoms with Crippen LogP contribution < -0.4 is 5.32 Å². The van der Waals surface area contributed by atoms with Crippen molar-refractivity contribution < 1.29 is 0 Å². The fourth-order valence-corrected chi connectivity index (χ4v) is 2.61. The molecule has 0 spiro atoms. The van der Waals surface area contributed by atoms with Crippen molar-refractivity contribution in [1.82, 2.24) is 15.1 Å². The second kappa shape index (κ2) is 8.63. The number of rotatable bonds is 9. The summed E-state index contributed by atoms with van der Waals surface area (Å²) in [6, 6.07) is 10.8. The van der Waals surface area contributed by atoms with Crippen LogP contribution in [0, 0.1) is 0 Å². The van der Waals surface area contributed by atoms with E-state index in [-0.39, 0.29) is 0 Å². The molecular formula is C18H27N3. The van der Waals surface area contributed by atoms with Crippen LogP contribution in [-0.4, -0.2) is 22.9 Å². The van der Waals surface area contributed by atoms with Crippen molar-refractivity contribution in [2.45, 2.75) is 45.6 Å². The molecule has 1 N–H and O–H groups in total. The first-order valence-corrected chi connectivity index (χ1v) is 8.10. The van der Waals surface area contributed by atoms with Crippen molar-refractivity contribution in [3.63, 3.8) is 0 Å². The third kappa shape index (κ3) is 5.01. The van der Waals surface area contributed by atoms with Crippen LogP contribution >= 0.6 is 0 Å². The smallest absolute Gasteiger partial charge is 0.0521 e. The fraction of sp³-hybridized carbons (Fsp3) is 0.500. The molecule has 3 heteroatoms. The van der Waals surface area contributed by atoms with E-state index in [9.17, 15) is 0 Å². The van der Waals surface area contributed by atoms with Gasteiger partial charge in [0.15, 0.2) is 0 Å². The number of hydrogen-bond donors (Lipinski definition) is 1. The summed E-state index contributed by atoms with van der Waals surface area (Å²) >= 11 is 0. The largest absolute Gasteiger partial charge is 0.316 e. The molecule has 2 rings (SSSR count). The van der Waals surface area contributed by atoms with Gasteiger partial charge in [-0.3, -0.25) is 4.68 Å². The molecule has 21 heavy (non-hydrogen) atoms. The van der Waals surface area contributed by atoms with Crippen LogP contribution in [0.1, 0.15) is 43.7 Å². The predicted octanol–water partition coefficient (Wildman–Crippen LogP) is 3.62. The zero-order valence-corrected chi connectivity index (χ0v) is 13.3. The second-order valence-electron chi connectivity index (χ2n) is 5.55. The third-order valence-corrected chi connectivity index (χ3v) is 3.88. The predicted molar refractivity (Wildman–Crippen MR) is 88.6 cm³/mol. The lowest BCUT2D eigenvalue weighted by Crippen LogP contribution is -2.22. The van der Waals surface area contributed by atoms with Gasteiger partial charge >= 0.3 is 0 Å². The molecule has 114 valence electrons. The van der Waals surface area contributed by atoms with Gasteiger partial charge in [-0.2, -0.15) is 5.10 Å². The van der Waals surface area contributed by atoms with Crippen LogP contribution in [-0.2, 0) is 13.0 Å². The molecule has 0 aliphatic heterocycles. The first-order valence-electron chi connectivity index (χ1n) is 8.10. The van der Waals surface area contributed by atoms with Crippen LogP contribution in [0.4, 0.5) is 0 Å². The lowest BCUT2D eigenvalue weighted by molar-refractivity contribution is 0.548. The van der Waals surface area contributed by atoms with Crippen molar-refractivity contribution in [3.05, 3.63) is 53.9 Å². The van der Waals surface area contributed by atoms with Gasteiger partial charge in [0.25, 0.3) is 0 Å². The average molecular weight is 285 g/mol. The molecule has 2 aromatic rings. The van der Waals surface area contributed by atoms with Gasteiger partial charge in [0.1, 0.15) is 0 Å². The second-order valence-corrected chi connectivity index (χ2v) is 5.55. The number of hydrogen-bond acceptors (Lipinski definition) is 2. The Bertz CT molecular complexity index is 504. The van der Waals surface area contributed by atoms with E-state index in [4.69, 9.17) is 0 Å². The highest BCUT2D eigenvalue weighted by Gasteiger charge is 2.11. The van der Waals surface area contributed by atoms with Gasteiger partial charge < -0.3 is 5.32 Å². The minimum absolute atomic E-state index is 0.572. The maximum absolute atomic E-state index is 4.36. The topological polar surface area (TPSA) is 29.9 Å². The van der Waals surface area contributed by atoms with Crippen molar-refractivity contribution >= 4 is 0 Å². The fourth-order valence-electron chi connectivity index (χ4n) is 2.61. The number of benzene rings is 1. The van der Waals surface area contributed by atoms with Gasteiger partial charge in [0.2, 0.25) is 0 Å². The van der Waals surface area contributed by atoms with Crippen molar-refractivity contribution in [3.8, 4) is 0 Å². The molecule has 0 saturated carbocycles. The summed E-state index contributed by atoms with van der Waals surface area (Å²) in [6.07, 6.45) is 7.61. The summed E-state index contributed by atoms with van der Waals surface area (Å²) in [5.74, 6) is 0.572. The zero-order valence-electron chi connectivity index (χ0n) is 13.3. The normalized spacial score (nSPS) is 12.5. The van der Waals surface area contributed by atoms with Gasteiger partial charge in [0.05, 0.1) is 6.20 Å². The zero-order chi connectivity index (χ0) is 14.9. The van der Waals surface area contributed by atoms with E-state index < -0.39 is 0 Å². The van der Waals surface area contributed by atoms with Crippen LogP contribution in [0.25, 0.3) is 0 Å². The highest BCUT2D eigenvalue weighted by Crippen LogP contribution is 2.21. The van der Waals surface area contributed by atoms with E-state index in [2.05, 4.69) is 60.8 Å². The standard InChI is InChI=1S/C18H27N3/c1-3-12-19-14-18(17-8-6-5-7-9-17)11-10-16-13-20-21(4-2)15-16/h5-9,13,15,18-19H,3-4,10-12,14H2,1-2H3. The van der Waals surface area contributed by atoms with E-state index in [1.54, 1.807) is 0 Å². The number of nitrogens with zero attached hydrogens (tertiary/aromatic N) is 2. The van der Waals surface area contributed by atoms with E-state index in [0.29, 0.717) is 5.92 Å². The van der Waals surface area contributed by atoms with Crippen LogP contribution in [0.2, 0.25) is 0 Å². The third-order valence-electron chi connectivity index (χ3n) is 3.88. The molecule has 0 bridgehead atoms. The molecule has 0 aliphatic rings. The molecule has 0 aliphatic carbocycles. The quantitative estimate of drug-likeness (QED) is 0.713. The Labute approximate surface area is 128 Å². The molecule has 1 atom stereocenters. The summed E-state index contributed by atoms with van der Waals surface area (Å²) in [7, 11) is 0. The lowest BCUT2D eigenvalue weighted by Gasteiger charge is -2.17. The minimum atomic E-state index is 0.572. The Hall–Kier alpha value is -1.61. The molecule has 1 aromatic heterocycles. The summed E-state index contributed by atoms with van der Waals surface area (Å²) in [4.78, 5) is 0. The Morgan fingerprint density at radius 1 is 1.19 bits per heavy atom. The van der Waals surface area contributed by atoms with Crippen LogP contribution in [0.3, 0.4) is 0 Å². The van der Waals surface area contributed by atoms with Crippen molar-refractivity contribution in [2.75, 3.05) is 13.1 Å². The summed E-state index contributed by atoms with van der Waals surface area (Å²) in [5.41, 5.74) is 2.78.